The number of hydrogen-bond acceptors (Lipinski definition) is 6. The fourth-order valence-corrected chi connectivity index (χ4v) is 5.20. The summed E-state index contributed by atoms with van der Waals surface area (Å²) in [5, 5.41) is 2.52. The van der Waals surface area contributed by atoms with Crippen LogP contribution in [0.3, 0.4) is 0 Å². The van der Waals surface area contributed by atoms with E-state index < -0.39 is 23.5 Å². The van der Waals surface area contributed by atoms with Crippen molar-refractivity contribution in [1.82, 2.24) is 4.98 Å². The van der Waals surface area contributed by atoms with Crippen LogP contribution in [0.15, 0.2) is 28.7 Å². The molecule has 1 atom stereocenters. The van der Waals surface area contributed by atoms with Crippen LogP contribution >= 0.6 is 0 Å². The Morgan fingerprint density at radius 1 is 1.14 bits per heavy atom. The normalized spacial score (nSPS) is 22.8. The van der Waals surface area contributed by atoms with Crippen molar-refractivity contribution >= 4 is 23.6 Å². The van der Waals surface area contributed by atoms with Gasteiger partial charge in [0.15, 0.2) is 5.69 Å². The Labute approximate surface area is 208 Å². The number of aromatic nitrogens is 1. The van der Waals surface area contributed by atoms with Crippen molar-refractivity contribution in [2.24, 2.45) is 11.8 Å². The molecule has 2 heterocycles. The molecule has 2 aromatic rings. The summed E-state index contributed by atoms with van der Waals surface area (Å²) in [6, 6.07) is 6.96. The van der Waals surface area contributed by atoms with E-state index in [1.807, 2.05) is 19.1 Å². The first-order chi connectivity index (χ1) is 17.1. The van der Waals surface area contributed by atoms with Gasteiger partial charge in [-0.05, 0) is 74.0 Å². The van der Waals surface area contributed by atoms with Crippen molar-refractivity contribution < 1.29 is 31.9 Å². The number of methoxy groups -OCH3 is 1. The maximum Gasteiger partial charge on any atom is 0.437 e. The van der Waals surface area contributed by atoms with Gasteiger partial charge in [0.1, 0.15) is 0 Å². The van der Waals surface area contributed by atoms with Crippen molar-refractivity contribution in [1.29, 1.82) is 0 Å². The second kappa shape index (κ2) is 10.9. The third kappa shape index (κ3) is 6.20. The number of carbonyl (C=O) groups excluding carboxylic acids is 2. The first-order valence-electron chi connectivity index (χ1n) is 12.4. The minimum absolute atomic E-state index is 0.169. The van der Waals surface area contributed by atoms with Gasteiger partial charge in [0.2, 0.25) is 5.76 Å². The minimum Gasteiger partial charge on any atom is -0.469 e. The number of oxazole rings is 1. The summed E-state index contributed by atoms with van der Waals surface area (Å²) in [5.74, 6) is -1.03. The lowest BCUT2D eigenvalue weighted by atomic mass is 9.77. The Hall–Kier alpha value is -3.04. The maximum absolute atomic E-state index is 13.6. The zero-order valence-corrected chi connectivity index (χ0v) is 20.6. The maximum atomic E-state index is 13.6. The number of rotatable bonds is 6. The average molecular weight is 508 g/mol. The molecule has 0 bridgehead atoms. The van der Waals surface area contributed by atoms with Crippen LogP contribution in [0, 0.1) is 11.8 Å². The van der Waals surface area contributed by atoms with E-state index in [9.17, 15) is 22.8 Å². The number of alkyl halides is 3. The van der Waals surface area contributed by atoms with Gasteiger partial charge in [-0.15, -0.1) is 0 Å². The smallest absolute Gasteiger partial charge is 0.437 e. The summed E-state index contributed by atoms with van der Waals surface area (Å²) in [7, 11) is 1.40. The Morgan fingerprint density at radius 2 is 1.83 bits per heavy atom. The number of halogens is 3. The van der Waals surface area contributed by atoms with E-state index in [0.717, 1.165) is 44.1 Å². The highest BCUT2D eigenvalue weighted by Crippen LogP contribution is 2.38. The van der Waals surface area contributed by atoms with E-state index >= 15 is 0 Å². The molecule has 7 nitrogen and oxygen atoms in total. The van der Waals surface area contributed by atoms with Crippen molar-refractivity contribution in [2.75, 3.05) is 30.4 Å². The monoisotopic (exact) mass is 507 g/mol. The van der Waals surface area contributed by atoms with Gasteiger partial charge in [-0.1, -0.05) is 19.1 Å². The molecular formula is C26H32F3N3O4. The predicted molar refractivity (Wildman–Crippen MR) is 128 cm³/mol. The van der Waals surface area contributed by atoms with Crippen molar-refractivity contribution in [3.63, 3.8) is 0 Å². The van der Waals surface area contributed by atoms with Crippen LogP contribution in [0.5, 0.6) is 0 Å². The zero-order valence-electron chi connectivity index (χ0n) is 20.6. The topological polar surface area (TPSA) is 84.7 Å². The van der Waals surface area contributed by atoms with Crippen LogP contribution in [0.1, 0.15) is 79.6 Å². The predicted octanol–water partition coefficient (Wildman–Crippen LogP) is 6.02. The van der Waals surface area contributed by atoms with Crippen molar-refractivity contribution in [2.45, 2.75) is 64.0 Å². The van der Waals surface area contributed by atoms with Gasteiger partial charge in [0.25, 0.3) is 11.9 Å². The number of benzene rings is 1. The lowest BCUT2D eigenvalue weighted by molar-refractivity contribution is -0.142. The van der Waals surface area contributed by atoms with Gasteiger partial charge < -0.3 is 19.4 Å². The Kier molecular flexibility index (Phi) is 7.90. The number of carbonyl (C=O) groups is 2. The Morgan fingerprint density at radius 3 is 2.44 bits per heavy atom. The van der Waals surface area contributed by atoms with E-state index in [-0.39, 0.29) is 12.0 Å². The molecule has 36 heavy (non-hydrogen) atoms. The lowest BCUT2D eigenvalue weighted by Gasteiger charge is -2.29. The fraction of sp³-hybridized carbons (Fsp3) is 0.577. The summed E-state index contributed by atoms with van der Waals surface area (Å²) in [4.78, 5) is 29.6. The van der Waals surface area contributed by atoms with Gasteiger partial charge >= 0.3 is 12.1 Å². The standard InChI is InChI=1S/C26H32F3N3O4/c1-16-4-3-13-32(15-16)25-31-23(26(27,28)29)22(36-25)24(34)30-20-11-9-19(10-12-20)18-7-5-17(6-8-18)14-21(33)35-2/h9-12,16-18H,3-8,13-15H2,1-2H3,(H,30,34). The quantitative estimate of drug-likeness (QED) is 0.482. The third-order valence-electron chi connectivity index (χ3n) is 7.19. The van der Waals surface area contributed by atoms with Crippen LogP contribution in [-0.4, -0.2) is 37.1 Å². The molecule has 10 heteroatoms. The third-order valence-corrected chi connectivity index (χ3v) is 7.19. The molecule has 1 amide bonds. The number of nitrogens with one attached hydrogen (secondary N) is 1. The van der Waals surface area contributed by atoms with Gasteiger partial charge in [0.05, 0.1) is 7.11 Å². The van der Waals surface area contributed by atoms with Crippen LogP contribution in [0.2, 0.25) is 0 Å². The molecule has 4 rings (SSSR count). The van der Waals surface area contributed by atoms with E-state index in [1.54, 1.807) is 17.0 Å². The van der Waals surface area contributed by atoms with Crippen molar-refractivity contribution in [3.8, 4) is 0 Å². The van der Waals surface area contributed by atoms with E-state index in [1.165, 1.54) is 7.11 Å². The largest absolute Gasteiger partial charge is 0.469 e. The number of amides is 1. The molecule has 0 radical (unpaired) electrons. The van der Waals surface area contributed by atoms with Crippen LogP contribution in [-0.2, 0) is 15.7 Å². The molecular weight excluding hydrogens is 475 g/mol. The highest BCUT2D eigenvalue weighted by molar-refractivity contribution is 6.03. The SMILES string of the molecule is COC(=O)CC1CCC(c2ccc(NC(=O)c3oc(N4CCCC(C)C4)nc3C(F)(F)F)cc2)CC1. The first kappa shape index (κ1) is 26.0. The van der Waals surface area contributed by atoms with E-state index in [0.29, 0.717) is 43.0 Å². The molecule has 196 valence electrons. The molecule has 1 aliphatic carbocycles. The second-order valence-electron chi connectivity index (χ2n) is 9.94. The number of piperidine rings is 1. The average Bonchev–Trinajstić information content (AvgIpc) is 3.32. The summed E-state index contributed by atoms with van der Waals surface area (Å²) in [6.45, 7) is 3.09. The number of ether oxygens (including phenoxy) is 1. The fourth-order valence-electron chi connectivity index (χ4n) is 5.20. The molecule has 1 saturated heterocycles. The van der Waals surface area contributed by atoms with E-state index in [4.69, 9.17) is 9.15 Å². The highest BCUT2D eigenvalue weighted by Gasteiger charge is 2.42. The summed E-state index contributed by atoms with van der Waals surface area (Å²) < 4.78 is 51.0. The summed E-state index contributed by atoms with van der Waals surface area (Å²) >= 11 is 0. The Bertz CT molecular complexity index is 1060. The number of hydrogen-bond donors (Lipinski definition) is 1. The molecule has 1 aliphatic heterocycles. The molecule has 1 aromatic carbocycles. The van der Waals surface area contributed by atoms with Crippen LogP contribution in [0.4, 0.5) is 24.9 Å². The molecule has 2 fully saturated rings. The minimum atomic E-state index is -4.81. The molecule has 1 unspecified atom stereocenters. The first-order valence-corrected chi connectivity index (χ1v) is 12.4. The number of nitrogens with zero attached hydrogens (tertiary/aromatic N) is 2. The van der Waals surface area contributed by atoms with Gasteiger partial charge in [-0.25, -0.2) is 0 Å². The molecule has 2 aliphatic rings. The number of esters is 1. The highest BCUT2D eigenvalue weighted by atomic mass is 19.4. The van der Waals surface area contributed by atoms with Gasteiger partial charge in [0, 0.05) is 25.2 Å². The number of anilines is 2. The summed E-state index contributed by atoms with van der Waals surface area (Å²) in [6.07, 6.45) is 1.19. The molecule has 1 N–H and O–H groups in total. The van der Waals surface area contributed by atoms with Gasteiger partial charge in [-0.3, -0.25) is 9.59 Å². The Balaban J connectivity index is 1.41. The van der Waals surface area contributed by atoms with Crippen LogP contribution in [0.25, 0.3) is 0 Å². The van der Waals surface area contributed by atoms with Crippen molar-refractivity contribution in [3.05, 3.63) is 41.3 Å². The van der Waals surface area contributed by atoms with Crippen LogP contribution < -0.4 is 10.2 Å². The lowest BCUT2D eigenvalue weighted by Crippen LogP contribution is -2.34. The molecule has 1 saturated carbocycles. The zero-order chi connectivity index (χ0) is 25.9. The molecule has 0 spiro atoms. The second-order valence-corrected chi connectivity index (χ2v) is 9.94. The summed E-state index contributed by atoms with van der Waals surface area (Å²) in [5.41, 5.74) is 0.163. The van der Waals surface area contributed by atoms with Gasteiger partial charge in [-0.2, -0.15) is 18.2 Å². The molecule has 1 aromatic heterocycles. The van der Waals surface area contributed by atoms with E-state index in [2.05, 4.69) is 10.3 Å².